The van der Waals surface area contributed by atoms with Gasteiger partial charge in [-0.25, -0.2) is 0 Å². The number of aromatic nitrogens is 1. The van der Waals surface area contributed by atoms with Gasteiger partial charge in [-0.1, -0.05) is 23.4 Å². The molecule has 0 radical (unpaired) electrons. The summed E-state index contributed by atoms with van der Waals surface area (Å²) in [6.45, 7) is 2.84. The third-order valence-electron chi connectivity index (χ3n) is 4.73. The molecule has 1 aromatic carbocycles. The summed E-state index contributed by atoms with van der Waals surface area (Å²) in [7, 11) is 0. The molecule has 0 aliphatic carbocycles. The Morgan fingerprint density at radius 2 is 2.08 bits per heavy atom. The maximum atomic E-state index is 12.4. The van der Waals surface area contributed by atoms with E-state index in [2.05, 4.69) is 32.9 Å². The highest BCUT2D eigenvalue weighted by atomic mass is 32.1. The molecule has 1 aliphatic rings. The molecule has 1 N–H and O–H groups in total. The fourth-order valence-electron chi connectivity index (χ4n) is 3.43. The van der Waals surface area contributed by atoms with Crippen molar-refractivity contribution in [1.82, 2.24) is 15.4 Å². The van der Waals surface area contributed by atoms with Gasteiger partial charge < -0.3 is 9.84 Å². The molecular formula is C19H21N3O2S. The molecule has 1 saturated heterocycles. The van der Waals surface area contributed by atoms with Crippen LogP contribution in [0.3, 0.4) is 0 Å². The number of benzene rings is 1. The zero-order valence-corrected chi connectivity index (χ0v) is 14.8. The van der Waals surface area contributed by atoms with Crippen molar-refractivity contribution in [2.45, 2.75) is 25.3 Å². The monoisotopic (exact) mass is 355 g/mol. The molecule has 130 valence electrons. The Morgan fingerprint density at radius 1 is 1.24 bits per heavy atom. The first-order valence-electron chi connectivity index (χ1n) is 8.69. The quantitative estimate of drug-likeness (QED) is 0.736. The Hall–Kier alpha value is -2.18. The van der Waals surface area contributed by atoms with Gasteiger partial charge in [-0.15, -0.1) is 11.3 Å². The summed E-state index contributed by atoms with van der Waals surface area (Å²) < 4.78 is 5.28. The van der Waals surface area contributed by atoms with Gasteiger partial charge in [-0.3, -0.25) is 9.69 Å². The Morgan fingerprint density at radius 3 is 2.88 bits per heavy atom. The minimum Gasteiger partial charge on any atom is -0.356 e. The van der Waals surface area contributed by atoms with Crippen LogP contribution in [0.15, 0.2) is 46.3 Å². The van der Waals surface area contributed by atoms with Crippen molar-refractivity contribution >= 4 is 28.2 Å². The van der Waals surface area contributed by atoms with Crippen LogP contribution in [0.25, 0.3) is 11.0 Å². The molecule has 4 rings (SSSR count). The van der Waals surface area contributed by atoms with Crippen LogP contribution in [-0.4, -0.2) is 35.6 Å². The number of fused-ring (bicyclic) bond motifs is 1. The minimum atomic E-state index is -0.0141. The lowest BCUT2D eigenvalue weighted by molar-refractivity contribution is -0.120. The fraction of sp³-hybridized carbons (Fsp3) is 0.368. The van der Waals surface area contributed by atoms with Crippen molar-refractivity contribution in [2.75, 3.05) is 19.6 Å². The zero-order chi connectivity index (χ0) is 17.1. The normalized spacial score (nSPS) is 16.3. The van der Waals surface area contributed by atoms with Gasteiger partial charge in [0.15, 0.2) is 5.58 Å². The number of amides is 1. The Kier molecular flexibility index (Phi) is 4.81. The average molecular weight is 355 g/mol. The first-order valence-corrected chi connectivity index (χ1v) is 9.56. The molecule has 25 heavy (non-hydrogen) atoms. The molecular weight excluding hydrogens is 334 g/mol. The number of thiophene rings is 1. The molecule has 1 fully saturated rings. The van der Waals surface area contributed by atoms with Gasteiger partial charge in [0, 0.05) is 16.8 Å². The molecule has 3 aromatic rings. The minimum absolute atomic E-state index is 0.0141. The number of nitrogens with one attached hydrogen (secondary N) is 1. The van der Waals surface area contributed by atoms with Crippen LogP contribution >= 0.6 is 11.3 Å². The first kappa shape index (κ1) is 16.3. The third kappa shape index (κ3) is 3.60. The van der Waals surface area contributed by atoms with Crippen molar-refractivity contribution in [3.63, 3.8) is 0 Å². The molecule has 1 aliphatic heterocycles. The van der Waals surface area contributed by atoms with E-state index in [9.17, 15) is 4.79 Å². The van der Waals surface area contributed by atoms with Crippen LogP contribution in [0.1, 0.15) is 29.5 Å². The summed E-state index contributed by atoms with van der Waals surface area (Å²) in [6.07, 6.45) is 2.72. The molecule has 2 aromatic heterocycles. The Labute approximate surface area is 150 Å². The summed E-state index contributed by atoms with van der Waals surface area (Å²) in [5, 5.41) is 10.1. The smallest absolute Gasteiger partial charge is 0.226 e. The van der Waals surface area contributed by atoms with Crippen molar-refractivity contribution in [2.24, 2.45) is 0 Å². The topological polar surface area (TPSA) is 58.4 Å². The second kappa shape index (κ2) is 7.37. The Bertz CT molecular complexity index is 837. The van der Waals surface area contributed by atoms with Crippen LogP contribution in [0.5, 0.6) is 0 Å². The van der Waals surface area contributed by atoms with Crippen LogP contribution < -0.4 is 5.32 Å². The number of rotatable bonds is 6. The molecule has 1 amide bonds. The van der Waals surface area contributed by atoms with E-state index < -0.39 is 0 Å². The summed E-state index contributed by atoms with van der Waals surface area (Å²) in [6, 6.07) is 12.1. The third-order valence-corrected chi connectivity index (χ3v) is 5.70. The molecule has 0 unspecified atom stereocenters. The summed E-state index contributed by atoms with van der Waals surface area (Å²) in [5.74, 6) is -0.0141. The SMILES string of the molecule is O=C(Cc1noc2ccccc12)NC[C@H](c1cccs1)N1CCCC1. The van der Waals surface area contributed by atoms with Crippen molar-refractivity contribution in [3.05, 3.63) is 52.3 Å². The standard InChI is InChI=1S/C19H21N3O2S/c23-19(12-15-14-6-1-2-7-17(14)24-21-15)20-13-16(18-8-5-11-25-18)22-9-3-4-10-22/h1-2,5-8,11,16H,3-4,9-10,12-13H2,(H,20,23)/t16-/m1/s1. The molecule has 1 atom stereocenters. The van der Waals surface area contributed by atoms with Crippen molar-refractivity contribution in [1.29, 1.82) is 0 Å². The van der Waals surface area contributed by atoms with E-state index in [4.69, 9.17) is 4.52 Å². The highest BCUT2D eigenvalue weighted by Gasteiger charge is 2.24. The van der Waals surface area contributed by atoms with Crippen LogP contribution in [-0.2, 0) is 11.2 Å². The van der Waals surface area contributed by atoms with E-state index in [0.29, 0.717) is 12.2 Å². The lowest BCUT2D eigenvalue weighted by atomic mass is 10.1. The summed E-state index contributed by atoms with van der Waals surface area (Å²) in [4.78, 5) is 16.2. The number of carbonyl (C=O) groups is 1. The van der Waals surface area contributed by atoms with Crippen LogP contribution in [0.2, 0.25) is 0 Å². The first-order chi connectivity index (χ1) is 12.3. The second-order valence-electron chi connectivity index (χ2n) is 6.38. The van der Waals surface area contributed by atoms with Crippen LogP contribution in [0, 0.1) is 0 Å². The van der Waals surface area contributed by atoms with Crippen LogP contribution in [0.4, 0.5) is 0 Å². The summed E-state index contributed by atoms with van der Waals surface area (Å²) >= 11 is 1.76. The van der Waals surface area contributed by atoms with Gasteiger partial charge in [-0.2, -0.15) is 0 Å². The average Bonchev–Trinajstić information content (AvgIpc) is 3.38. The number of para-hydroxylation sites is 1. The van der Waals surface area contributed by atoms with Gasteiger partial charge in [0.1, 0.15) is 5.69 Å². The Balaban J connectivity index is 1.41. The maximum absolute atomic E-state index is 12.4. The van der Waals surface area contributed by atoms with Gasteiger partial charge in [0.05, 0.1) is 12.5 Å². The number of nitrogens with zero attached hydrogens (tertiary/aromatic N) is 2. The van der Waals surface area contributed by atoms with Gasteiger partial charge in [0.2, 0.25) is 5.91 Å². The van der Waals surface area contributed by atoms with E-state index >= 15 is 0 Å². The van der Waals surface area contributed by atoms with E-state index in [1.54, 1.807) is 11.3 Å². The van der Waals surface area contributed by atoms with Crippen molar-refractivity contribution in [3.8, 4) is 0 Å². The highest BCUT2D eigenvalue weighted by Crippen LogP contribution is 2.28. The molecule has 0 spiro atoms. The molecule has 0 saturated carbocycles. The number of carbonyl (C=O) groups excluding carboxylic acids is 1. The zero-order valence-electron chi connectivity index (χ0n) is 14.0. The number of hydrogen-bond acceptors (Lipinski definition) is 5. The van der Waals surface area contributed by atoms with E-state index in [-0.39, 0.29) is 18.4 Å². The second-order valence-corrected chi connectivity index (χ2v) is 7.36. The molecule has 0 bridgehead atoms. The molecule has 5 nitrogen and oxygen atoms in total. The fourth-order valence-corrected chi connectivity index (χ4v) is 4.30. The lowest BCUT2D eigenvalue weighted by Gasteiger charge is -2.26. The largest absolute Gasteiger partial charge is 0.356 e. The number of likely N-dealkylation sites (tertiary alicyclic amines) is 1. The van der Waals surface area contributed by atoms with E-state index in [0.717, 1.165) is 24.1 Å². The predicted octanol–water partition coefficient (Wildman–Crippen LogP) is 3.39. The molecule has 3 heterocycles. The van der Waals surface area contributed by atoms with E-state index in [1.807, 2.05) is 24.3 Å². The lowest BCUT2D eigenvalue weighted by Crippen LogP contribution is -2.37. The van der Waals surface area contributed by atoms with E-state index in [1.165, 1.54) is 17.7 Å². The molecule has 6 heteroatoms. The van der Waals surface area contributed by atoms with Crippen molar-refractivity contribution < 1.29 is 9.32 Å². The van der Waals surface area contributed by atoms with Gasteiger partial charge >= 0.3 is 0 Å². The van der Waals surface area contributed by atoms with Gasteiger partial charge in [0.25, 0.3) is 0 Å². The number of hydrogen-bond donors (Lipinski definition) is 1. The maximum Gasteiger partial charge on any atom is 0.226 e. The highest BCUT2D eigenvalue weighted by molar-refractivity contribution is 7.10. The summed E-state index contributed by atoms with van der Waals surface area (Å²) in [5.41, 5.74) is 1.42. The van der Waals surface area contributed by atoms with Gasteiger partial charge in [-0.05, 0) is 49.5 Å². The predicted molar refractivity (Wildman–Crippen MR) is 98.6 cm³/mol.